The first-order valence-electron chi connectivity index (χ1n) is 8.36. The summed E-state index contributed by atoms with van der Waals surface area (Å²) < 4.78 is 41.0. The Bertz CT molecular complexity index is 1000. The van der Waals surface area contributed by atoms with Crippen LogP contribution < -0.4 is 15.2 Å². The van der Waals surface area contributed by atoms with Gasteiger partial charge in [-0.2, -0.15) is 5.10 Å². The van der Waals surface area contributed by atoms with E-state index in [1.807, 2.05) is 0 Å². The van der Waals surface area contributed by atoms with Gasteiger partial charge in [0.15, 0.2) is 17.4 Å². The van der Waals surface area contributed by atoms with Gasteiger partial charge in [-0.1, -0.05) is 0 Å². The minimum Gasteiger partial charge on any atom is -0.494 e. The maximum Gasteiger partial charge on any atom is 0.182 e. The van der Waals surface area contributed by atoms with Crippen molar-refractivity contribution in [2.45, 2.75) is 20.4 Å². The largest absolute Gasteiger partial charge is 0.494 e. The van der Waals surface area contributed by atoms with Gasteiger partial charge in [0.2, 0.25) is 0 Å². The number of hydrogen-bond donors (Lipinski definition) is 1. The van der Waals surface area contributed by atoms with Crippen LogP contribution in [0.15, 0.2) is 22.9 Å². The van der Waals surface area contributed by atoms with Gasteiger partial charge >= 0.3 is 0 Å². The van der Waals surface area contributed by atoms with E-state index in [1.165, 1.54) is 18.0 Å². The zero-order chi connectivity index (χ0) is 20.4. The molecule has 3 rings (SSSR count). The Labute approximate surface area is 168 Å². The average Bonchev–Trinajstić information content (AvgIpc) is 2.93. The topological polar surface area (TPSA) is 88.1 Å². The number of anilines is 1. The molecule has 0 spiro atoms. The van der Waals surface area contributed by atoms with E-state index < -0.39 is 11.6 Å². The van der Waals surface area contributed by atoms with Crippen molar-refractivity contribution in [1.29, 1.82) is 0 Å². The molecule has 0 bridgehead atoms. The summed E-state index contributed by atoms with van der Waals surface area (Å²) in [6, 6.07) is 2.31. The molecule has 148 valence electrons. The summed E-state index contributed by atoms with van der Waals surface area (Å²) in [6.07, 6.45) is 1.44. The number of ether oxygens (including phenoxy) is 2. The van der Waals surface area contributed by atoms with Crippen LogP contribution in [-0.4, -0.2) is 33.5 Å². The number of halogens is 3. The van der Waals surface area contributed by atoms with Crippen LogP contribution in [0.25, 0.3) is 11.5 Å². The van der Waals surface area contributed by atoms with Gasteiger partial charge in [0.1, 0.15) is 27.7 Å². The van der Waals surface area contributed by atoms with E-state index in [4.69, 9.17) is 15.2 Å². The molecular formula is C18H18BrF2N5O2. The summed E-state index contributed by atoms with van der Waals surface area (Å²) in [5.74, 6) is -0.493. The smallest absolute Gasteiger partial charge is 0.182 e. The highest BCUT2D eigenvalue weighted by Gasteiger charge is 2.20. The number of methoxy groups -OCH3 is 1. The molecule has 2 N–H and O–H groups in total. The van der Waals surface area contributed by atoms with E-state index >= 15 is 0 Å². The second-order valence-corrected chi connectivity index (χ2v) is 6.62. The number of aromatic nitrogens is 4. The van der Waals surface area contributed by atoms with Crippen LogP contribution in [0.2, 0.25) is 0 Å². The summed E-state index contributed by atoms with van der Waals surface area (Å²) in [6.45, 7) is 3.72. The van der Waals surface area contributed by atoms with Gasteiger partial charge in [0.05, 0.1) is 26.5 Å². The van der Waals surface area contributed by atoms with Crippen LogP contribution in [0.1, 0.15) is 18.1 Å². The zero-order valence-electron chi connectivity index (χ0n) is 15.5. The maximum absolute atomic E-state index is 14.4. The van der Waals surface area contributed by atoms with Gasteiger partial charge in [0.25, 0.3) is 0 Å². The summed E-state index contributed by atoms with van der Waals surface area (Å²) in [4.78, 5) is 8.38. The van der Waals surface area contributed by atoms with Crippen LogP contribution in [0.5, 0.6) is 11.5 Å². The predicted molar refractivity (Wildman–Crippen MR) is 103 cm³/mol. The number of benzene rings is 1. The van der Waals surface area contributed by atoms with E-state index in [9.17, 15) is 8.78 Å². The van der Waals surface area contributed by atoms with E-state index in [-0.39, 0.29) is 29.5 Å². The first-order chi connectivity index (χ1) is 13.3. The lowest BCUT2D eigenvalue weighted by Crippen LogP contribution is -2.08. The van der Waals surface area contributed by atoms with Gasteiger partial charge in [0, 0.05) is 23.3 Å². The number of nitrogen functional groups attached to an aromatic ring is 1. The van der Waals surface area contributed by atoms with E-state index in [0.717, 1.165) is 12.1 Å². The highest BCUT2D eigenvalue weighted by molar-refractivity contribution is 9.10. The van der Waals surface area contributed by atoms with E-state index in [2.05, 4.69) is 31.0 Å². The van der Waals surface area contributed by atoms with Crippen LogP contribution in [-0.2, 0) is 6.54 Å². The lowest BCUT2D eigenvalue weighted by atomic mass is 10.2. The standard InChI is InChI=1S/C18H18BrF2N5O2/c1-4-28-10-5-12(20)11(13(21)6-10)8-26-16(19)9(2)15(25-26)18-23-7-14(27-3)17(22)24-18/h5-7H,4,8H2,1-3H3,(H2,22,23,24). The molecule has 2 aromatic heterocycles. The van der Waals surface area contributed by atoms with E-state index in [0.29, 0.717) is 28.2 Å². The van der Waals surface area contributed by atoms with Crippen molar-refractivity contribution < 1.29 is 18.3 Å². The van der Waals surface area contributed by atoms with Gasteiger partial charge < -0.3 is 15.2 Å². The fourth-order valence-corrected chi connectivity index (χ4v) is 3.03. The third-order valence-corrected chi connectivity index (χ3v) is 5.06. The molecule has 0 unspecified atom stereocenters. The van der Waals surface area contributed by atoms with E-state index in [1.54, 1.807) is 13.8 Å². The highest BCUT2D eigenvalue weighted by Crippen LogP contribution is 2.30. The van der Waals surface area contributed by atoms with Crippen LogP contribution in [0.3, 0.4) is 0 Å². The van der Waals surface area contributed by atoms with Crippen molar-refractivity contribution in [2.24, 2.45) is 0 Å². The number of hydrogen-bond acceptors (Lipinski definition) is 6. The molecule has 10 heteroatoms. The third-order valence-electron chi connectivity index (χ3n) is 4.06. The molecule has 0 saturated heterocycles. The minimum atomic E-state index is -0.713. The Morgan fingerprint density at radius 3 is 2.50 bits per heavy atom. The average molecular weight is 454 g/mol. The van der Waals surface area contributed by atoms with Crippen molar-refractivity contribution in [3.63, 3.8) is 0 Å². The molecule has 7 nitrogen and oxygen atoms in total. The molecule has 0 radical (unpaired) electrons. The molecule has 0 aliphatic carbocycles. The van der Waals surface area contributed by atoms with Crippen molar-refractivity contribution in [3.05, 3.63) is 45.7 Å². The Kier molecular flexibility index (Phi) is 5.78. The summed E-state index contributed by atoms with van der Waals surface area (Å²) in [5.41, 5.74) is 6.84. The lowest BCUT2D eigenvalue weighted by molar-refractivity contribution is 0.335. The molecular weight excluding hydrogens is 436 g/mol. The van der Waals surface area contributed by atoms with Gasteiger partial charge in [-0.05, 0) is 29.8 Å². The maximum atomic E-state index is 14.4. The van der Waals surface area contributed by atoms with Crippen LogP contribution in [0.4, 0.5) is 14.6 Å². The fourth-order valence-electron chi connectivity index (χ4n) is 2.63. The van der Waals surface area contributed by atoms with Crippen molar-refractivity contribution in [2.75, 3.05) is 19.5 Å². The molecule has 2 heterocycles. The number of nitrogens with two attached hydrogens (primary N) is 1. The molecule has 0 atom stereocenters. The molecule has 0 saturated carbocycles. The Morgan fingerprint density at radius 2 is 1.93 bits per heavy atom. The fraction of sp³-hybridized carbons (Fsp3) is 0.278. The molecule has 28 heavy (non-hydrogen) atoms. The monoisotopic (exact) mass is 453 g/mol. The molecule has 3 aromatic rings. The molecule has 1 aromatic carbocycles. The van der Waals surface area contributed by atoms with Crippen LogP contribution >= 0.6 is 15.9 Å². The zero-order valence-corrected chi connectivity index (χ0v) is 17.0. The predicted octanol–water partition coefficient (Wildman–Crippen LogP) is 3.73. The Morgan fingerprint density at radius 1 is 1.25 bits per heavy atom. The SMILES string of the molecule is CCOc1cc(F)c(Cn2nc(-c3ncc(OC)c(N)n3)c(C)c2Br)c(F)c1. The highest BCUT2D eigenvalue weighted by atomic mass is 79.9. The van der Waals surface area contributed by atoms with Crippen LogP contribution in [0, 0.1) is 18.6 Å². The third kappa shape index (κ3) is 3.77. The molecule has 0 amide bonds. The summed E-state index contributed by atoms with van der Waals surface area (Å²) in [5, 5.41) is 4.40. The van der Waals surface area contributed by atoms with Crippen molar-refractivity contribution in [3.8, 4) is 23.0 Å². The first kappa shape index (κ1) is 20.0. The van der Waals surface area contributed by atoms with Gasteiger partial charge in [-0.25, -0.2) is 18.7 Å². The first-order valence-corrected chi connectivity index (χ1v) is 9.15. The summed E-state index contributed by atoms with van der Waals surface area (Å²) in [7, 11) is 1.46. The Hall–Kier alpha value is -2.75. The second-order valence-electron chi connectivity index (χ2n) is 5.87. The van der Waals surface area contributed by atoms with Gasteiger partial charge in [-0.3, -0.25) is 4.68 Å². The minimum absolute atomic E-state index is 0.128. The summed E-state index contributed by atoms with van der Waals surface area (Å²) >= 11 is 3.41. The Balaban J connectivity index is 1.97. The number of nitrogens with zero attached hydrogens (tertiary/aromatic N) is 4. The van der Waals surface area contributed by atoms with Crippen molar-refractivity contribution in [1.82, 2.24) is 19.7 Å². The molecule has 0 fully saturated rings. The normalized spacial score (nSPS) is 10.9. The van der Waals surface area contributed by atoms with Gasteiger partial charge in [-0.15, -0.1) is 0 Å². The quantitative estimate of drug-likeness (QED) is 0.611. The number of rotatable bonds is 6. The molecule has 0 aliphatic heterocycles. The van der Waals surface area contributed by atoms with Crippen molar-refractivity contribution >= 4 is 21.7 Å². The lowest BCUT2D eigenvalue weighted by Gasteiger charge is -2.09. The molecule has 0 aliphatic rings. The second kappa shape index (κ2) is 8.09.